The van der Waals surface area contributed by atoms with Gasteiger partial charge in [0.15, 0.2) is 0 Å². The van der Waals surface area contributed by atoms with Gasteiger partial charge in [-0.3, -0.25) is 4.79 Å². The van der Waals surface area contributed by atoms with Gasteiger partial charge in [0.25, 0.3) is 5.91 Å². The number of thiazole rings is 1. The molecular formula is C15H15BrN2O3S. The van der Waals surface area contributed by atoms with E-state index in [1.165, 1.54) is 0 Å². The molecule has 0 aliphatic heterocycles. The largest absolute Gasteiger partial charge is 0.477 e. The molecule has 0 radical (unpaired) electrons. The number of amides is 1. The Balaban J connectivity index is 2.19. The summed E-state index contributed by atoms with van der Waals surface area (Å²) in [6, 6.07) is 5.06. The van der Waals surface area contributed by atoms with Gasteiger partial charge in [0.2, 0.25) is 0 Å². The van der Waals surface area contributed by atoms with Crippen LogP contribution in [0.4, 0.5) is 0 Å². The molecule has 1 aromatic carbocycles. The highest BCUT2D eigenvalue weighted by Gasteiger charge is 2.20. The van der Waals surface area contributed by atoms with Crippen LogP contribution in [0, 0.1) is 13.8 Å². The molecule has 7 heteroatoms. The lowest BCUT2D eigenvalue weighted by Crippen LogP contribution is -2.27. The molecule has 116 valence electrons. The summed E-state index contributed by atoms with van der Waals surface area (Å²) in [7, 11) is 0. The second-order valence-corrected chi connectivity index (χ2v) is 6.76. The normalized spacial score (nSPS) is 12.0. The van der Waals surface area contributed by atoms with Crippen LogP contribution in [-0.2, 0) is 0 Å². The zero-order valence-electron chi connectivity index (χ0n) is 12.3. The second kappa shape index (κ2) is 6.58. The molecule has 1 atom stereocenters. The van der Waals surface area contributed by atoms with Gasteiger partial charge in [-0.2, -0.15) is 0 Å². The number of benzene rings is 1. The zero-order valence-corrected chi connectivity index (χ0v) is 14.7. The highest BCUT2D eigenvalue weighted by atomic mass is 79.9. The third kappa shape index (κ3) is 3.36. The number of carbonyl (C=O) groups excluding carboxylic acids is 1. The highest BCUT2D eigenvalue weighted by Crippen LogP contribution is 2.25. The molecule has 0 aliphatic carbocycles. The Morgan fingerprint density at radius 2 is 2.05 bits per heavy atom. The molecule has 0 aliphatic rings. The van der Waals surface area contributed by atoms with Crippen molar-refractivity contribution in [1.82, 2.24) is 10.3 Å². The number of nitrogens with one attached hydrogen (secondary N) is 1. The van der Waals surface area contributed by atoms with Crippen LogP contribution in [-0.4, -0.2) is 22.0 Å². The number of carboxylic acids is 1. The van der Waals surface area contributed by atoms with Crippen LogP contribution < -0.4 is 5.32 Å². The number of aromatic nitrogens is 1. The molecule has 5 nitrogen and oxygen atoms in total. The Morgan fingerprint density at radius 3 is 2.64 bits per heavy atom. The minimum absolute atomic E-state index is 0.203. The first kappa shape index (κ1) is 16.6. The van der Waals surface area contributed by atoms with E-state index in [-0.39, 0.29) is 16.8 Å². The molecule has 2 aromatic rings. The van der Waals surface area contributed by atoms with Crippen LogP contribution in [0.5, 0.6) is 0 Å². The van der Waals surface area contributed by atoms with Gasteiger partial charge in [-0.15, -0.1) is 11.3 Å². The van der Waals surface area contributed by atoms with Crippen LogP contribution in [0.2, 0.25) is 0 Å². The van der Waals surface area contributed by atoms with Gasteiger partial charge in [0.05, 0.1) is 11.7 Å². The summed E-state index contributed by atoms with van der Waals surface area (Å²) < 4.78 is 0.867. The Hall–Kier alpha value is -1.73. The first-order valence-electron chi connectivity index (χ1n) is 6.58. The monoisotopic (exact) mass is 382 g/mol. The van der Waals surface area contributed by atoms with Gasteiger partial charge in [0.1, 0.15) is 9.88 Å². The zero-order chi connectivity index (χ0) is 16.4. The molecule has 0 spiro atoms. The molecule has 0 fully saturated rings. The summed E-state index contributed by atoms with van der Waals surface area (Å²) in [5.74, 6) is -1.21. The Kier molecular flexibility index (Phi) is 4.97. The summed E-state index contributed by atoms with van der Waals surface area (Å²) in [5.41, 5.74) is 1.90. The van der Waals surface area contributed by atoms with E-state index >= 15 is 0 Å². The fourth-order valence-corrected chi connectivity index (χ4v) is 3.26. The predicted molar refractivity (Wildman–Crippen MR) is 88.6 cm³/mol. The topological polar surface area (TPSA) is 79.3 Å². The number of halogens is 1. The molecular weight excluding hydrogens is 368 g/mol. The lowest BCUT2D eigenvalue weighted by molar-refractivity contribution is 0.0701. The molecule has 22 heavy (non-hydrogen) atoms. The summed E-state index contributed by atoms with van der Waals surface area (Å²) in [5, 5.41) is 12.5. The first-order valence-corrected chi connectivity index (χ1v) is 8.18. The van der Waals surface area contributed by atoms with E-state index in [2.05, 4.69) is 26.2 Å². The van der Waals surface area contributed by atoms with Gasteiger partial charge in [-0.05, 0) is 38.5 Å². The minimum atomic E-state index is -0.998. The first-order chi connectivity index (χ1) is 10.3. The fourth-order valence-electron chi connectivity index (χ4n) is 1.99. The van der Waals surface area contributed by atoms with Gasteiger partial charge >= 0.3 is 5.97 Å². The van der Waals surface area contributed by atoms with E-state index in [0.717, 1.165) is 21.4 Å². The molecule has 1 amide bonds. The van der Waals surface area contributed by atoms with E-state index in [4.69, 9.17) is 5.11 Å². The molecule has 1 heterocycles. The Labute approximate surface area is 140 Å². The van der Waals surface area contributed by atoms with E-state index in [1.807, 2.05) is 13.0 Å². The van der Waals surface area contributed by atoms with Crippen molar-refractivity contribution in [2.45, 2.75) is 26.8 Å². The van der Waals surface area contributed by atoms with Crippen LogP contribution in [0.1, 0.15) is 49.3 Å². The average Bonchev–Trinajstić information content (AvgIpc) is 2.84. The molecule has 0 bridgehead atoms. The van der Waals surface area contributed by atoms with Gasteiger partial charge in [-0.25, -0.2) is 9.78 Å². The predicted octanol–water partition coefficient (Wildman–Crippen LogP) is 3.71. The van der Waals surface area contributed by atoms with E-state index in [1.54, 1.807) is 26.0 Å². The van der Waals surface area contributed by atoms with Crippen molar-refractivity contribution in [2.75, 3.05) is 0 Å². The van der Waals surface area contributed by atoms with Crippen molar-refractivity contribution in [1.29, 1.82) is 0 Å². The standard InChI is InChI=1S/C15H15BrN2O3S/c1-7-10(5-4-6-11(7)16)13(19)17-9(3)14-18-8(2)12(22-14)15(20)21/h4-6,9H,1-3H3,(H,17,19)(H,20,21). The maximum Gasteiger partial charge on any atom is 0.347 e. The smallest absolute Gasteiger partial charge is 0.347 e. The van der Waals surface area contributed by atoms with Crippen molar-refractivity contribution >= 4 is 39.1 Å². The van der Waals surface area contributed by atoms with Crippen molar-refractivity contribution < 1.29 is 14.7 Å². The maximum absolute atomic E-state index is 12.4. The molecule has 2 rings (SSSR count). The van der Waals surface area contributed by atoms with Gasteiger partial charge in [-0.1, -0.05) is 22.0 Å². The van der Waals surface area contributed by atoms with Crippen LogP contribution in [0.15, 0.2) is 22.7 Å². The number of carbonyl (C=O) groups is 2. The third-order valence-corrected chi connectivity index (χ3v) is 5.42. The summed E-state index contributed by atoms with van der Waals surface area (Å²) >= 11 is 4.48. The van der Waals surface area contributed by atoms with Crippen molar-refractivity contribution in [2.24, 2.45) is 0 Å². The lowest BCUT2D eigenvalue weighted by atomic mass is 10.1. The quantitative estimate of drug-likeness (QED) is 0.844. The number of aromatic carboxylic acids is 1. The lowest BCUT2D eigenvalue weighted by Gasteiger charge is -2.13. The summed E-state index contributed by atoms with van der Waals surface area (Å²) in [6.07, 6.45) is 0. The van der Waals surface area contributed by atoms with Gasteiger partial charge in [0, 0.05) is 10.0 Å². The number of hydrogen-bond acceptors (Lipinski definition) is 4. The number of aryl methyl sites for hydroxylation is 1. The van der Waals surface area contributed by atoms with Crippen LogP contribution >= 0.6 is 27.3 Å². The number of carboxylic acid groups (broad SMARTS) is 1. The Morgan fingerprint density at radius 1 is 1.36 bits per heavy atom. The second-order valence-electron chi connectivity index (χ2n) is 4.88. The van der Waals surface area contributed by atoms with Crippen molar-refractivity contribution in [3.05, 3.63) is 49.4 Å². The van der Waals surface area contributed by atoms with E-state index in [0.29, 0.717) is 16.3 Å². The Bertz CT molecular complexity index is 742. The molecule has 1 aromatic heterocycles. The van der Waals surface area contributed by atoms with Crippen molar-refractivity contribution in [3.8, 4) is 0 Å². The molecule has 1 unspecified atom stereocenters. The highest BCUT2D eigenvalue weighted by molar-refractivity contribution is 9.10. The summed E-state index contributed by atoms with van der Waals surface area (Å²) in [6.45, 7) is 5.30. The number of rotatable bonds is 4. The third-order valence-electron chi connectivity index (χ3n) is 3.24. The minimum Gasteiger partial charge on any atom is -0.477 e. The van der Waals surface area contributed by atoms with Crippen LogP contribution in [0.3, 0.4) is 0 Å². The fraction of sp³-hybridized carbons (Fsp3) is 0.267. The van der Waals surface area contributed by atoms with E-state index < -0.39 is 5.97 Å². The maximum atomic E-state index is 12.4. The van der Waals surface area contributed by atoms with Crippen molar-refractivity contribution in [3.63, 3.8) is 0 Å². The number of nitrogens with zero attached hydrogens (tertiary/aromatic N) is 1. The van der Waals surface area contributed by atoms with Crippen LogP contribution in [0.25, 0.3) is 0 Å². The molecule has 0 saturated carbocycles. The SMILES string of the molecule is Cc1nc(C(C)NC(=O)c2cccc(Br)c2C)sc1C(=O)O. The van der Waals surface area contributed by atoms with Gasteiger partial charge < -0.3 is 10.4 Å². The average molecular weight is 383 g/mol. The van der Waals surface area contributed by atoms with E-state index in [9.17, 15) is 9.59 Å². The molecule has 0 saturated heterocycles. The summed E-state index contributed by atoms with van der Waals surface area (Å²) in [4.78, 5) is 27.9. The molecule has 2 N–H and O–H groups in total. The number of hydrogen-bond donors (Lipinski definition) is 2.